The molecule has 0 saturated carbocycles. The molecular formula is C19H17N5O3S2. The molecular weight excluding hydrogens is 410 g/mol. The van der Waals surface area contributed by atoms with Gasteiger partial charge in [0.2, 0.25) is 10.0 Å². The lowest BCUT2D eigenvalue weighted by atomic mass is 10.2. The first-order chi connectivity index (χ1) is 14.0. The number of benzene rings is 1. The first-order valence-corrected chi connectivity index (χ1v) is 11.3. The maximum absolute atomic E-state index is 12.3. The Morgan fingerprint density at radius 3 is 2.79 bits per heavy atom. The smallest absolute Gasteiger partial charge is 0.270 e. The van der Waals surface area contributed by atoms with Gasteiger partial charge in [-0.15, -0.1) is 11.3 Å². The lowest BCUT2D eigenvalue weighted by molar-refractivity contribution is 0.0952. The van der Waals surface area contributed by atoms with Gasteiger partial charge in [0.25, 0.3) is 5.91 Å². The van der Waals surface area contributed by atoms with Crippen molar-refractivity contribution < 1.29 is 13.2 Å². The molecule has 10 heteroatoms. The molecule has 0 aliphatic heterocycles. The van der Waals surface area contributed by atoms with Crippen molar-refractivity contribution in [2.45, 2.75) is 0 Å². The molecule has 0 fully saturated rings. The summed E-state index contributed by atoms with van der Waals surface area (Å²) in [4.78, 5) is 16.6. The molecule has 8 nitrogen and oxygen atoms in total. The van der Waals surface area contributed by atoms with Crippen molar-refractivity contribution in [2.24, 2.45) is 0 Å². The van der Waals surface area contributed by atoms with E-state index in [4.69, 9.17) is 0 Å². The van der Waals surface area contributed by atoms with Crippen molar-refractivity contribution in [3.63, 3.8) is 0 Å². The summed E-state index contributed by atoms with van der Waals surface area (Å²) in [5, 5.41) is 9.06. The molecule has 3 aromatic heterocycles. The fraction of sp³-hybridized carbons (Fsp3) is 0.105. The van der Waals surface area contributed by atoms with Crippen LogP contribution in [0.5, 0.6) is 0 Å². The molecule has 0 aliphatic rings. The number of nitrogens with one attached hydrogen (secondary N) is 2. The zero-order valence-corrected chi connectivity index (χ0v) is 16.8. The van der Waals surface area contributed by atoms with E-state index in [-0.39, 0.29) is 18.0 Å². The SMILES string of the molecule is O=C(NCCS(=O)(=O)Nc1ccn2nccc2c1)c1csc(-c2ccccc2)n1. The number of anilines is 1. The van der Waals surface area contributed by atoms with Gasteiger partial charge in [-0.1, -0.05) is 30.3 Å². The van der Waals surface area contributed by atoms with Crippen LogP contribution in [0.2, 0.25) is 0 Å². The molecule has 0 spiro atoms. The number of sulfonamides is 1. The van der Waals surface area contributed by atoms with E-state index < -0.39 is 15.9 Å². The minimum Gasteiger partial charge on any atom is -0.350 e. The van der Waals surface area contributed by atoms with E-state index >= 15 is 0 Å². The number of amides is 1. The van der Waals surface area contributed by atoms with Gasteiger partial charge in [0.15, 0.2) is 0 Å². The van der Waals surface area contributed by atoms with Gasteiger partial charge in [-0.25, -0.2) is 17.9 Å². The molecule has 2 N–H and O–H groups in total. The average Bonchev–Trinajstić information content (AvgIpc) is 3.37. The van der Waals surface area contributed by atoms with E-state index in [0.29, 0.717) is 5.69 Å². The number of pyridine rings is 1. The number of rotatable bonds is 7. The first kappa shape index (κ1) is 19.1. The third kappa shape index (κ3) is 4.61. The molecule has 0 aliphatic carbocycles. The second-order valence-electron chi connectivity index (χ2n) is 6.20. The Kier molecular flexibility index (Phi) is 5.28. The van der Waals surface area contributed by atoms with E-state index in [1.807, 2.05) is 30.3 Å². The molecule has 4 aromatic rings. The third-order valence-electron chi connectivity index (χ3n) is 4.09. The molecule has 3 heterocycles. The fourth-order valence-electron chi connectivity index (χ4n) is 2.70. The molecule has 0 saturated heterocycles. The van der Waals surface area contributed by atoms with Crippen LogP contribution in [0.25, 0.3) is 16.1 Å². The summed E-state index contributed by atoms with van der Waals surface area (Å²) in [5.74, 6) is -0.655. The van der Waals surface area contributed by atoms with Crippen LogP contribution in [-0.2, 0) is 10.0 Å². The van der Waals surface area contributed by atoms with Gasteiger partial charge < -0.3 is 5.32 Å². The van der Waals surface area contributed by atoms with Crippen LogP contribution in [0.4, 0.5) is 5.69 Å². The second-order valence-corrected chi connectivity index (χ2v) is 8.90. The second kappa shape index (κ2) is 8.02. The highest BCUT2D eigenvalue weighted by molar-refractivity contribution is 7.92. The minimum atomic E-state index is -3.61. The monoisotopic (exact) mass is 427 g/mol. The molecule has 1 amide bonds. The number of thiazole rings is 1. The topological polar surface area (TPSA) is 105 Å². The van der Waals surface area contributed by atoms with Crippen LogP contribution >= 0.6 is 11.3 Å². The standard InChI is InChI=1S/C19H17N5O3S2/c25-18(17-13-28-19(22-17)14-4-2-1-3-5-14)20-9-11-29(26,27)23-15-7-10-24-16(12-15)6-8-21-24/h1-8,10,12-13,23H,9,11H2,(H,20,25). The van der Waals surface area contributed by atoms with Crippen molar-refractivity contribution in [1.29, 1.82) is 0 Å². The number of fused-ring (bicyclic) bond motifs is 1. The zero-order chi connectivity index (χ0) is 20.3. The van der Waals surface area contributed by atoms with Crippen LogP contribution in [0.3, 0.4) is 0 Å². The van der Waals surface area contributed by atoms with E-state index in [2.05, 4.69) is 20.1 Å². The van der Waals surface area contributed by atoms with Gasteiger partial charge >= 0.3 is 0 Å². The summed E-state index contributed by atoms with van der Waals surface area (Å²) in [6.07, 6.45) is 3.30. The Morgan fingerprint density at radius 2 is 1.97 bits per heavy atom. The van der Waals surface area contributed by atoms with Gasteiger partial charge in [-0.05, 0) is 18.2 Å². The number of nitrogens with zero attached hydrogens (tertiary/aromatic N) is 3. The Labute approximate surface area is 171 Å². The summed E-state index contributed by atoms with van der Waals surface area (Å²) < 4.78 is 28.7. The van der Waals surface area contributed by atoms with Crippen LogP contribution in [0.1, 0.15) is 10.5 Å². The Morgan fingerprint density at radius 1 is 1.14 bits per heavy atom. The summed E-state index contributed by atoms with van der Waals surface area (Å²) in [5.41, 5.74) is 2.41. The van der Waals surface area contributed by atoms with Gasteiger partial charge in [0.05, 0.1) is 17.0 Å². The highest BCUT2D eigenvalue weighted by Crippen LogP contribution is 2.23. The molecule has 29 heavy (non-hydrogen) atoms. The quantitative estimate of drug-likeness (QED) is 0.472. The first-order valence-electron chi connectivity index (χ1n) is 8.73. The number of carbonyl (C=O) groups excluding carboxylic acids is 1. The predicted molar refractivity (Wildman–Crippen MR) is 112 cm³/mol. The van der Waals surface area contributed by atoms with Gasteiger partial charge in [-0.2, -0.15) is 5.10 Å². The number of hydrogen-bond acceptors (Lipinski definition) is 6. The van der Waals surface area contributed by atoms with Gasteiger partial charge in [-0.3, -0.25) is 9.52 Å². The summed E-state index contributed by atoms with van der Waals surface area (Å²) in [6, 6.07) is 14.6. The average molecular weight is 428 g/mol. The molecule has 0 unspecified atom stereocenters. The van der Waals surface area contributed by atoms with E-state index in [1.54, 1.807) is 40.5 Å². The Bertz CT molecular complexity index is 1250. The van der Waals surface area contributed by atoms with Crippen molar-refractivity contribution in [3.05, 3.63) is 72.0 Å². The van der Waals surface area contributed by atoms with Gasteiger partial charge in [0, 0.05) is 29.9 Å². The zero-order valence-electron chi connectivity index (χ0n) is 15.1. The van der Waals surface area contributed by atoms with Crippen molar-refractivity contribution in [3.8, 4) is 10.6 Å². The van der Waals surface area contributed by atoms with Crippen LogP contribution in [0, 0.1) is 0 Å². The maximum Gasteiger partial charge on any atom is 0.270 e. The minimum absolute atomic E-state index is 0.0265. The molecule has 1 aromatic carbocycles. The Hall–Kier alpha value is -3.24. The summed E-state index contributed by atoms with van der Waals surface area (Å²) in [7, 11) is -3.61. The predicted octanol–water partition coefficient (Wildman–Crippen LogP) is 2.63. The maximum atomic E-state index is 12.3. The molecule has 0 radical (unpaired) electrons. The highest BCUT2D eigenvalue weighted by Gasteiger charge is 2.15. The van der Waals surface area contributed by atoms with Crippen molar-refractivity contribution >= 4 is 38.5 Å². The van der Waals surface area contributed by atoms with Crippen LogP contribution in [-0.4, -0.2) is 41.2 Å². The summed E-state index contributed by atoms with van der Waals surface area (Å²) in [6.45, 7) is -0.0265. The number of aromatic nitrogens is 3. The van der Waals surface area contributed by atoms with E-state index in [1.165, 1.54) is 11.3 Å². The Balaban J connectivity index is 1.33. The fourth-order valence-corrected chi connectivity index (χ4v) is 4.46. The lowest BCUT2D eigenvalue weighted by Crippen LogP contribution is -2.31. The summed E-state index contributed by atoms with van der Waals surface area (Å²) >= 11 is 1.36. The van der Waals surface area contributed by atoms with Crippen molar-refractivity contribution in [1.82, 2.24) is 19.9 Å². The number of carbonyl (C=O) groups is 1. The van der Waals surface area contributed by atoms with E-state index in [9.17, 15) is 13.2 Å². The molecule has 4 rings (SSSR count). The van der Waals surface area contributed by atoms with Gasteiger partial charge in [0.1, 0.15) is 10.7 Å². The van der Waals surface area contributed by atoms with E-state index in [0.717, 1.165) is 16.1 Å². The van der Waals surface area contributed by atoms with Crippen LogP contribution in [0.15, 0.2) is 66.3 Å². The van der Waals surface area contributed by atoms with Crippen LogP contribution < -0.4 is 10.0 Å². The molecule has 148 valence electrons. The largest absolute Gasteiger partial charge is 0.350 e. The molecule has 0 atom stereocenters. The third-order valence-corrected chi connectivity index (χ3v) is 6.27. The normalized spacial score (nSPS) is 11.4. The highest BCUT2D eigenvalue weighted by atomic mass is 32.2. The molecule has 0 bridgehead atoms. The lowest BCUT2D eigenvalue weighted by Gasteiger charge is -2.09. The van der Waals surface area contributed by atoms with Crippen molar-refractivity contribution in [2.75, 3.05) is 17.0 Å². The number of hydrogen-bond donors (Lipinski definition) is 2.